The van der Waals surface area contributed by atoms with E-state index in [-0.39, 0.29) is 10.6 Å². The Morgan fingerprint density at radius 1 is 1.45 bits per heavy atom. The van der Waals surface area contributed by atoms with Gasteiger partial charge in [0.15, 0.2) is 0 Å². The number of aryl methyl sites for hydroxylation is 1. The summed E-state index contributed by atoms with van der Waals surface area (Å²) in [5.74, 6) is 0. The van der Waals surface area contributed by atoms with E-state index < -0.39 is 0 Å². The highest BCUT2D eigenvalue weighted by Crippen LogP contribution is 2.29. The maximum Gasteiger partial charge on any atom is 0.292 e. The molecule has 0 amide bonds. The van der Waals surface area contributed by atoms with Gasteiger partial charge in [0.2, 0.25) is 0 Å². The number of nitro benzene ring substituents is 1. The van der Waals surface area contributed by atoms with Crippen LogP contribution in [0.15, 0.2) is 18.2 Å². The SMILES string of the molecule is CCN(CC1CCCCN1)c1ccc(C)cc1[N+](=O)[O-]. The number of benzene rings is 1. The van der Waals surface area contributed by atoms with Crippen molar-refractivity contribution in [3.8, 4) is 0 Å². The molecule has 20 heavy (non-hydrogen) atoms. The number of piperidine rings is 1. The van der Waals surface area contributed by atoms with Crippen molar-refractivity contribution in [2.45, 2.75) is 39.2 Å². The Balaban J connectivity index is 2.19. The average Bonchev–Trinajstić information content (AvgIpc) is 2.46. The molecular weight excluding hydrogens is 254 g/mol. The van der Waals surface area contributed by atoms with Gasteiger partial charge in [-0.05, 0) is 44.9 Å². The van der Waals surface area contributed by atoms with Gasteiger partial charge in [0.25, 0.3) is 5.69 Å². The Labute approximate surface area is 120 Å². The highest BCUT2D eigenvalue weighted by atomic mass is 16.6. The normalized spacial score (nSPS) is 18.8. The molecule has 1 unspecified atom stereocenters. The van der Waals surface area contributed by atoms with Crippen molar-refractivity contribution in [3.05, 3.63) is 33.9 Å². The van der Waals surface area contributed by atoms with Crippen LogP contribution in [-0.4, -0.2) is 30.6 Å². The van der Waals surface area contributed by atoms with Crippen molar-refractivity contribution in [1.29, 1.82) is 0 Å². The molecule has 2 rings (SSSR count). The standard InChI is InChI=1S/C15H23N3O2/c1-3-17(11-13-6-4-5-9-16-13)14-8-7-12(2)10-15(14)18(19)20/h7-8,10,13,16H,3-6,9,11H2,1-2H3. The van der Waals surface area contributed by atoms with Crippen LogP contribution in [0, 0.1) is 17.0 Å². The lowest BCUT2D eigenvalue weighted by atomic mass is 10.0. The van der Waals surface area contributed by atoms with Crippen LogP contribution in [0.2, 0.25) is 0 Å². The number of nitrogens with one attached hydrogen (secondary N) is 1. The Morgan fingerprint density at radius 2 is 2.25 bits per heavy atom. The van der Waals surface area contributed by atoms with E-state index in [9.17, 15) is 10.1 Å². The maximum atomic E-state index is 11.2. The Bertz CT molecular complexity index is 470. The number of hydrogen-bond donors (Lipinski definition) is 1. The third kappa shape index (κ3) is 3.48. The van der Waals surface area contributed by atoms with Crippen molar-refractivity contribution < 1.29 is 4.92 Å². The van der Waals surface area contributed by atoms with Gasteiger partial charge in [-0.3, -0.25) is 10.1 Å². The largest absolute Gasteiger partial charge is 0.365 e. The number of hydrogen-bond acceptors (Lipinski definition) is 4. The van der Waals surface area contributed by atoms with Gasteiger partial charge < -0.3 is 10.2 Å². The molecule has 1 aliphatic heterocycles. The first-order valence-corrected chi connectivity index (χ1v) is 7.35. The second-order valence-corrected chi connectivity index (χ2v) is 5.43. The molecule has 5 heteroatoms. The molecule has 110 valence electrons. The van der Waals surface area contributed by atoms with E-state index in [0.29, 0.717) is 6.04 Å². The van der Waals surface area contributed by atoms with Gasteiger partial charge in [0.05, 0.1) is 4.92 Å². The van der Waals surface area contributed by atoms with Crippen molar-refractivity contribution in [2.75, 3.05) is 24.5 Å². The Kier molecular flexibility index (Phi) is 4.95. The molecule has 0 saturated carbocycles. The lowest BCUT2D eigenvalue weighted by Crippen LogP contribution is -2.43. The maximum absolute atomic E-state index is 11.2. The van der Waals surface area contributed by atoms with Crippen LogP contribution < -0.4 is 10.2 Å². The average molecular weight is 277 g/mol. The number of rotatable bonds is 5. The summed E-state index contributed by atoms with van der Waals surface area (Å²) in [6.45, 7) is 6.60. The minimum Gasteiger partial charge on any atom is -0.365 e. The molecule has 0 aliphatic carbocycles. The van der Waals surface area contributed by atoms with Gasteiger partial charge in [-0.2, -0.15) is 0 Å². The third-order valence-corrected chi connectivity index (χ3v) is 3.90. The zero-order chi connectivity index (χ0) is 14.5. The van der Waals surface area contributed by atoms with Crippen LogP contribution in [-0.2, 0) is 0 Å². The molecule has 1 N–H and O–H groups in total. The van der Waals surface area contributed by atoms with E-state index >= 15 is 0 Å². The van der Waals surface area contributed by atoms with Gasteiger partial charge in [0, 0.05) is 25.2 Å². The van der Waals surface area contributed by atoms with Crippen molar-refractivity contribution in [3.63, 3.8) is 0 Å². The molecule has 1 atom stereocenters. The molecule has 0 aromatic heterocycles. The second kappa shape index (κ2) is 6.70. The van der Waals surface area contributed by atoms with Gasteiger partial charge in [-0.1, -0.05) is 12.5 Å². The summed E-state index contributed by atoms with van der Waals surface area (Å²) in [6, 6.07) is 5.91. The third-order valence-electron chi connectivity index (χ3n) is 3.90. The number of nitro groups is 1. The fourth-order valence-electron chi connectivity index (χ4n) is 2.79. The van der Waals surface area contributed by atoms with Crippen LogP contribution in [0.4, 0.5) is 11.4 Å². The molecule has 1 saturated heterocycles. The molecule has 1 aliphatic rings. The minimum atomic E-state index is -0.278. The van der Waals surface area contributed by atoms with E-state index in [4.69, 9.17) is 0 Å². The summed E-state index contributed by atoms with van der Waals surface area (Å²) in [5, 5.41) is 14.8. The predicted octanol–water partition coefficient (Wildman–Crippen LogP) is 2.87. The summed E-state index contributed by atoms with van der Waals surface area (Å²) in [4.78, 5) is 13.1. The highest BCUT2D eigenvalue weighted by molar-refractivity contribution is 5.64. The summed E-state index contributed by atoms with van der Waals surface area (Å²) in [7, 11) is 0. The van der Waals surface area contributed by atoms with Crippen molar-refractivity contribution in [1.82, 2.24) is 5.32 Å². The molecule has 0 spiro atoms. The topological polar surface area (TPSA) is 58.4 Å². The van der Waals surface area contributed by atoms with Gasteiger partial charge in [0.1, 0.15) is 5.69 Å². The zero-order valence-corrected chi connectivity index (χ0v) is 12.3. The molecule has 0 radical (unpaired) electrons. The molecular formula is C15H23N3O2. The fraction of sp³-hybridized carbons (Fsp3) is 0.600. The first-order valence-electron chi connectivity index (χ1n) is 7.35. The molecule has 1 aromatic rings. The summed E-state index contributed by atoms with van der Waals surface area (Å²) >= 11 is 0. The molecule has 5 nitrogen and oxygen atoms in total. The van der Waals surface area contributed by atoms with Gasteiger partial charge >= 0.3 is 0 Å². The molecule has 1 fully saturated rings. The van der Waals surface area contributed by atoms with E-state index in [1.165, 1.54) is 12.8 Å². The number of nitrogens with zero attached hydrogens (tertiary/aromatic N) is 2. The first-order chi connectivity index (χ1) is 9.61. The van der Waals surface area contributed by atoms with Gasteiger partial charge in [-0.25, -0.2) is 0 Å². The summed E-state index contributed by atoms with van der Waals surface area (Å²) in [6.07, 6.45) is 3.62. The van der Waals surface area contributed by atoms with Crippen LogP contribution >= 0.6 is 0 Å². The van der Waals surface area contributed by atoms with Crippen molar-refractivity contribution in [2.24, 2.45) is 0 Å². The van der Waals surface area contributed by atoms with Crippen LogP contribution in [0.3, 0.4) is 0 Å². The Hall–Kier alpha value is -1.62. The Morgan fingerprint density at radius 3 is 2.85 bits per heavy atom. The smallest absolute Gasteiger partial charge is 0.292 e. The van der Waals surface area contributed by atoms with Gasteiger partial charge in [-0.15, -0.1) is 0 Å². The molecule has 1 aromatic carbocycles. The van der Waals surface area contributed by atoms with E-state index in [2.05, 4.69) is 10.2 Å². The van der Waals surface area contributed by atoms with Crippen molar-refractivity contribution >= 4 is 11.4 Å². The summed E-state index contributed by atoms with van der Waals surface area (Å²) in [5.41, 5.74) is 1.87. The number of likely N-dealkylation sites (N-methyl/N-ethyl adjacent to an activating group) is 1. The van der Waals surface area contributed by atoms with E-state index in [0.717, 1.165) is 37.3 Å². The predicted molar refractivity (Wildman–Crippen MR) is 81.4 cm³/mol. The zero-order valence-electron chi connectivity index (χ0n) is 12.3. The van der Waals surface area contributed by atoms with E-state index in [1.54, 1.807) is 6.07 Å². The second-order valence-electron chi connectivity index (χ2n) is 5.43. The van der Waals surface area contributed by atoms with Crippen LogP contribution in [0.5, 0.6) is 0 Å². The molecule has 1 heterocycles. The van der Waals surface area contributed by atoms with Crippen LogP contribution in [0.25, 0.3) is 0 Å². The monoisotopic (exact) mass is 277 g/mol. The lowest BCUT2D eigenvalue weighted by molar-refractivity contribution is -0.384. The minimum absolute atomic E-state index is 0.211. The first kappa shape index (κ1) is 14.8. The summed E-state index contributed by atoms with van der Waals surface area (Å²) < 4.78 is 0. The van der Waals surface area contributed by atoms with Crippen LogP contribution in [0.1, 0.15) is 31.7 Å². The molecule has 0 bridgehead atoms. The lowest BCUT2D eigenvalue weighted by Gasteiger charge is -2.31. The fourth-order valence-corrected chi connectivity index (χ4v) is 2.79. The number of anilines is 1. The quantitative estimate of drug-likeness (QED) is 0.664. The highest BCUT2D eigenvalue weighted by Gasteiger charge is 2.22. The van der Waals surface area contributed by atoms with E-state index in [1.807, 2.05) is 26.0 Å².